The molecule has 0 fully saturated rings. The van der Waals surface area contributed by atoms with Gasteiger partial charge in [0.1, 0.15) is 0 Å². The van der Waals surface area contributed by atoms with E-state index in [1.54, 1.807) is 30.3 Å². The maximum absolute atomic E-state index is 12.0. The van der Waals surface area contributed by atoms with E-state index in [-0.39, 0.29) is 9.88 Å². The molecule has 1 atom stereocenters. The van der Waals surface area contributed by atoms with Crippen LogP contribution in [0.2, 0.25) is 0 Å². The minimum absolute atomic E-state index is 0.0869. The van der Waals surface area contributed by atoms with Crippen molar-refractivity contribution >= 4 is 28.2 Å². The van der Waals surface area contributed by atoms with E-state index in [1.807, 2.05) is 0 Å². The Kier molecular flexibility index (Phi) is 4.29. The Hall–Kier alpha value is -2.74. The number of nitrogens with zero attached hydrogens (tertiary/aromatic N) is 1. The van der Waals surface area contributed by atoms with E-state index < -0.39 is 22.8 Å². The van der Waals surface area contributed by atoms with Crippen LogP contribution in [0.4, 0.5) is 5.00 Å². The Morgan fingerprint density at radius 1 is 1.19 bits per heavy atom. The van der Waals surface area contributed by atoms with Crippen molar-refractivity contribution in [2.24, 2.45) is 0 Å². The maximum atomic E-state index is 12.0. The highest BCUT2D eigenvalue weighted by Crippen LogP contribution is 2.24. The molecule has 2 aromatic rings. The molecule has 0 aliphatic heterocycles. The highest BCUT2D eigenvalue weighted by molar-refractivity contribution is 7.17. The topological polar surface area (TPSA) is 110 Å². The number of carboxylic acids is 1. The molecule has 2 N–H and O–H groups in total. The van der Waals surface area contributed by atoms with Crippen LogP contribution in [0.1, 0.15) is 21.3 Å². The fraction of sp³-hybridized carbons (Fsp3) is 0.0769. The molecule has 1 aromatic carbocycles. The van der Waals surface area contributed by atoms with Gasteiger partial charge in [-0.2, -0.15) is 0 Å². The molecule has 21 heavy (non-hydrogen) atoms. The fourth-order valence-corrected chi connectivity index (χ4v) is 2.41. The van der Waals surface area contributed by atoms with Crippen LogP contribution in [0.15, 0.2) is 42.5 Å². The van der Waals surface area contributed by atoms with Gasteiger partial charge in [-0.25, -0.2) is 4.79 Å². The van der Waals surface area contributed by atoms with Gasteiger partial charge < -0.3 is 10.4 Å². The fourth-order valence-electron chi connectivity index (χ4n) is 1.68. The number of carbonyl (C=O) groups is 2. The van der Waals surface area contributed by atoms with E-state index in [0.717, 1.165) is 0 Å². The number of rotatable bonds is 5. The second-order valence-electron chi connectivity index (χ2n) is 4.05. The number of benzene rings is 1. The molecule has 0 saturated carbocycles. The molecule has 1 amide bonds. The summed E-state index contributed by atoms with van der Waals surface area (Å²) in [5.74, 6) is -1.87. The van der Waals surface area contributed by atoms with Crippen molar-refractivity contribution in [2.45, 2.75) is 6.04 Å². The van der Waals surface area contributed by atoms with E-state index in [2.05, 4.69) is 5.32 Å². The average molecular weight is 306 g/mol. The summed E-state index contributed by atoms with van der Waals surface area (Å²) in [5.41, 5.74) is 0.421. The number of nitrogens with one attached hydrogen (secondary N) is 1. The van der Waals surface area contributed by atoms with Crippen LogP contribution in [0.25, 0.3) is 0 Å². The molecule has 0 aliphatic carbocycles. The van der Waals surface area contributed by atoms with Gasteiger partial charge in [0.05, 0.1) is 9.80 Å². The van der Waals surface area contributed by atoms with Crippen molar-refractivity contribution < 1.29 is 19.6 Å². The summed E-state index contributed by atoms with van der Waals surface area (Å²) >= 11 is 0.694. The lowest BCUT2D eigenvalue weighted by Gasteiger charge is -2.14. The zero-order valence-electron chi connectivity index (χ0n) is 10.6. The predicted molar refractivity (Wildman–Crippen MR) is 75.3 cm³/mol. The normalized spacial score (nSPS) is 11.6. The number of aliphatic carboxylic acids is 1. The van der Waals surface area contributed by atoms with Crippen LogP contribution in [0.3, 0.4) is 0 Å². The number of nitro groups is 1. The Morgan fingerprint density at radius 3 is 2.38 bits per heavy atom. The first kappa shape index (κ1) is 14.7. The summed E-state index contributed by atoms with van der Waals surface area (Å²) < 4.78 is 0. The van der Waals surface area contributed by atoms with Gasteiger partial charge in [0.15, 0.2) is 6.04 Å². The van der Waals surface area contributed by atoms with Crippen LogP contribution < -0.4 is 5.32 Å². The molecule has 1 aromatic heterocycles. The summed E-state index contributed by atoms with van der Waals surface area (Å²) in [6.07, 6.45) is 0. The van der Waals surface area contributed by atoms with E-state index >= 15 is 0 Å². The van der Waals surface area contributed by atoms with E-state index in [1.165, 1.54) is 12.1 Å². The number of amides is 1. The highest BCUT2D eigenvalue weighted by Gasteiger charge is 2.24. The van der Waals surface area contributed by atoms with Crippen molar-refractivity contribution in [1.82, 2.24) is 5.32 Å². The smallest absolute Gasteiger partial charge is 0.330 e. The lowest BCUT2D eigenvalue weighted by molar-refractivity contribution is -0.380. The first-order valence-corrected chi connectivity index (χ1v) is 6.63. The standard InChI is InChI=1S/C13H10N2O5S/c16-12(9-6-7-10(21-9)15(19)20)14-11(13(17)18)8-4-2-1-3-5-8/h1-7,11H,(H,14,16)(H,17,18)/t11-/m0/s1. The van der Waals surface area contributed by atoms with Crippen LogP contribution in [-0.2, 0) is 4.79 Å². The number of hydrogen-bond donors (Lipinski definition) is 2. The first-order chi connectivity index (χ1) is 9.99. The molecule has 2 rings (SSSR count). The second kappa shape index (κ2) is 6.14. The molecule has 1 heterocycles. The van der Waals surface area contributed by atoms with Crippen molar-refractivity contribution in [3.05, 3.63) is 63.0 Å². The maximum Gasteiger partial charge on any atom is 0.330 e. The minimum atomic E-state index is -1.21. The van der Waals surface area contributed by atoms with Gasteiger partial charge in [-0.3, -0.25) is 14.9 Å². The first-order valence-electron chi connectivity index (χ1n) is 5.82. The molecular formula is C13H10N2O5S. The summed E-state index contributed by atoms with van der Waals surface area (Å²) in [6.45, 7) is 0. The summed E-state index contributed by atoms with van der Waals surface area (Å²) in [6, 6.07) is 9.50. The number of carboxylic acid groups (broad SMARTS) is 1. The summed E-state index contributed by atoms with van der Waals surface area (Å²) in [7, 11) is 0. The van der Waals surface area contributed by atoms with Crippen molar-refractivity contribution in [1.29, 1.82) is 0 Å². The Morgan fingerprint density at radius 2 is 1.86 bits per heavy atom. The van der Waals surface area contributed by atoms with Gasteiger partial charge in [-0.1, -0.05) is 41.7 Å². The largest absolute Gasteiger partial charge is 0.479 e. The van der Waals surface area contributed by atoms with E-state index in [4.69, 9.17) is 0 Å². The summed E-state index contributed by atoms with van der Waals surface area (Å²) in [4.78, 5) is 33.3. The lowest BCUT2D eigenvalue weighted by Crippen LogP contribution is -2.33. The van der Waals surface area contributed by atoms with Crippen LogP contribution >= 0.6 is 11.3 Å². The molecule has 8 heteroatoms. The zero-order chi connectivity index (χ0) is 15.4. The van der Waals surface area contributed by atoms with Gasteiger partial charge in [0, 0.05) is 6.07 Å². The van der Waals surface area contributed by atoms with Crippen molar-refractivity contribution in [3.8, 4) is 0 Å². The molecular weight excluding hydrogens is 296 g/mol. The monoisotopic (exact) mass is 306 g/mol. The van der Waals surface area contributed by atoms with Crippen LogP contribution in [0, 0.1) is 10.1 Å². The van der Waals surface area contributed by atoms with E-state index in [0.29, 0.717) is 16.9 Å². The van der Waals surface area contributed by atoms with E-state index in [9.17, 15) is 24.8 Å². The third-order valence-corrected chi connectivity index (χ3v) is 3.69. The quantitative estimate of drug-likeness (QED) is 0.650. The molecule has 0 unspecified atom stereocenters. The Bertz CT molecular complexity index is 683. The van der Waals surface area contributed by atoms with Gasteiger partial charge in [-0.05, 0) is 11.6 Å². The third-order valence-electron chi connectivity index (χ3n) is 2.65. The number of hydrogen-bond acceptors (Lipinski definition) is 5. The molecule has 0 spiro atoms. The zero-order valence-corrected chi connectivity index (χ0v) is 11.4. The van der Waals surface area contributed by atoms with Crippen LogP contribution in [0.5, 0.6) is 0 Å². The summed E-state index contributed by atoms with van der Waals surface area (Å²) in [5, 5.41) is 22.0. The SMILES string of the molecule is O=C(N[C@H](C(=O)O)c1ccccc1)c1ccc([N+](=O)[O-])s1. The second-order valence-corrected chi connectivity index (χ2v) is 5.11. The van der Waals surface area contributed by atoms with Gasteiger partial charge in [-0.15, -0.1) is 0 Å². The minimum Gasteiger partial charge on any atom is -0.479 e. The van der Waals surface area contributed by atoms with Gasteiger partial charge >= 0.3 is 11.0 Å². The Labute approximate surface area is 123 Å². The predicted octanol–water partition coefficient (Wildman–Crippen LogP) is 2.21. The van der Waals surface area contributed by atoms with Gasteiger partial charge in [0.2, 0.25) is 0 Å². The lowest BCUT2D eigenvalue weighted by atomic mass is 10.1. The molecule has 0 radical (unpaired) electrons. The molecule has 0 bridgehead atoms. The molecule has 0 saturated heterocycles. The van der Waals surface area contributed by atoms with Gasteiger partial charge in [0.25, 0.3) is 5.91 Å². The molecule has 7 nitrogen and oxygen atoms in total. The highest BCUT2D eigenvalue weighted by atomic mass is 32.1. The number of thiophene rings is 1. The number of carbonyl (C=O) groups excluding carboxylic acids is 1. The average Bonchev–Trinajstić information content (AvgIpc) is 2.95. The molecule has 0 aliphatic rings. The molecule has 108 valence electrons. The Balaban J connectivity index is 2.19. The van der Waals surface area contributed by atoms with Crippen molar-refractivity contribution in [2.75, 3.05) is 0 Å². The van der Waals surface area contributed by atoms with Crippen molar-refractivity contribution in [3.63, 3.8) is 0 Å². The van der Waals surface area contributed by atoms with Crippen LogP contribution in [-0.4, -0.2) is 21.9 Å². The third kappa shape index (κ3) is 3.42.